The first kappa shape index (κ1) is 12.9. The zero-order valence-electron chi connectivity index (χ0n) is 10.0. The lowest BCUT2D eigenvalue weighted by molar-refractivity contribution is 0.187. The molecule has 0 saturated heterocycles. The molecule has 0 aliphatic carbocycles. The molecule has 1 aromatic carbocycles. The first-order valence-electron chi connectivity index (χ1n) is 5.05. The molecule has 4 heteroatoms. The number of hydrogen-bond acceptors (Lipinski definition) is 3. The molecule has 0 aromatic heterocycles. The fourth-order valence-corrected chi connectivity index (χ4v) is 2.20. The number of hydrogen-bond donors (Lipinski definition) is 1. The Kier molecular flexibility index (Phi) is 4.24. The quantitative estimate of drug-likeness (QED) is 0.799. The number of benzene rings is 1. The standard InChI is InChI=1S/C12H17NO2S/c1-12(2,3)16-10-7-5-6-9(8-10)13-11(14)15-4/h5-8H,1-4H3,(H,13,14). The van der Waals surface area contributed by atoms with Crippen molar-refractivity contribution in [2.75, 3.05) is 12.4 Å². The minimum Gasteiger partial charge on any atom is -0.453 e. The minimum absolute atomic E-state index is 0.157. The molecular formula is C12H17NO2S. The van der Waals surface area contributed by atoms with Gasteiger partial charge in [0.25, 0.3) is 0 Å². The van der Waals surface area contributed by atoms with Crippen molar-refractivity contribution in [2.45, 2.75) is 30.4 Å². The summed E-state index contributed by atoms with van der Waals surface area (Å²) in [5, 5.41) is 2.64. The van der Waals surface area contributed by atoms with Crippen LogP contribution in [-0.2, 0) is 4.74 Å². The van der Waals surface area contributed by atoms with Crippen LogP contribution in [0.2, 0.25) is 0 Å². The number of methoxy groups -OCH3 is 1. The SMILES string of the molecule is COC(=O)Nc1cccc(SC(C)(C)C)c1. The number of carbonyl (C=O) groups excluding carboxylic acids is 1. The molecule has 0 saturated carbocycles. The molecule has 0 aliphatic rings. The molecule has 88 valence electrons. The Balaban J connectivity index is 2.75. The van der Waals surface area contributed by atoms with E-state index in [9.17, 15) is 4.79 Å². The monoisotopic (exact) mass is 239 g/mol. The van der Waals surface area contributed by atoms with Crippen LogP contribution in [0.15, 0.2) is 29.2 Å². The summed E-state index contributed by atoms with van der Waals surface area (Å²) >= 11 is 1.76. The fraction of sp³-hybridized carbons (Fsp3) is 0.417. The number of thioether (sulfide) groups is 1. The molecule has 0 spiro atoms. The third-order valence-electron chi connectivity index (χ3n) is 1.69. The second-order valence-electron chi connectivity index (χ2n) is 4.36. The van der Waals surface area contributed by atoms with E-state index in [-0.39, 0.29) is 4.75 Å². The molecule has 0 bridgehead atoms. The zero-order valence-corrected chi connectivity index (χ0v) is 10.9. The van der Waals surface area contributed by atoms with Gasteiger partial charge in [0, 0.05) is 15.3 Å². The van der Waals surface area contributed by atoms with Crippen molar-refractivity contribution < 1.29 is 9.53 Å². The van der Waals surface area contributed by atoms with Gasteiger partial charge in [-0.2, -0.15) is 0 Å². The summed E-state index contributed by atoms with van der Waals surface area (Å²) in [6, 6.07) is 7.72. The van der Waals surface area contributed by atoms with E-state index in [0.717, 1.165) is 10.6 Å². The third-order valence-corrected chi connectivity index (χ3v) is 2.79. The first-order valence-corrected chi connectivity index (χ1v) is 5.86. The number of ether oxygens (including phenoxy) is 1. The summed E-state index contributed by atoms with van der Waals surface area (Å²) in [5.41, 5.74) is 0.751. The van der Waals surface area contributed by atoms with Gasteiger partial charge in [0.1, 0.15) is 0 Å². The average molecular weight is 239 g/mol. The molecule has 0 aliphatic heterocycles. The van der Waals surface area contributed by atoms with Gasteiger partial charge in [-0.05, 0) is 18.2 Å². The molecular weight excluding hydrogens is 222 g/mol. The maximum absolute atomic E-state index is 11.0. The van der Waals surface area contributed by atoms with Crippen LogP contribution in [0.3, 0.4) is 0 Å². The Bertz CT molecular complexity index is 372. The van der Waals surface area contributed by atoms with Crippen LogP contribution in [0, 0.1) is 0 Å². The van der Waals surface area contributed by atoms with Crippen LogP contribution in [0.5, 0.6) is 0 Å². The van der Waals surface area contributed by atoms with Gasteiger partial charge in [0.05, 0.1) is 7.11 Å². The Hall–Kier alpha value is -1.16. The van der Waals surface area contributed by atoms with Crippen molar-refractivity contribution in [2.24, 2.45) is 0 Å². The Morgan fingerprint density at radius 1 is 1.38 bits per heavy atom. The number of carbonyl (C=O) groups is 1. The van der Waals surface area contributed by atoms with Crippen LogP contribution in [0.1, 0.15) is 20.8 Å². The smallest absolute Gasteiger partial charge is 0.411 e. The number of anilines is 1. The van der Waals surface area contributed by atoms with Gasteiger partial charge in [-0.1, -0.05) is 26.8 Å². The van der Waals surface area contributed by atoms with E-state index in [1.54, 1.807) is 11.8 Å². The summed E-state index contributed by atoms with van der Waals surface area (Å²) in [7, 11) is 1.35. The van der Waals surface area contributed by atoms with Gasteiger partial charge < -0.3 is 4.74 Å². The topological polar surface area (TPSA) is 38.3 Å². The Labute approximate surface area is 101 Å². The first-order chi connectivity index (χ1) is 7.40. The normalized spacial score (nSPS) is 11.0. The minimum atomic E-state index is -0.446. The van der Waals surface area contributed by atoms with Crippen LogP contribution in [0.4, 0.5) is 10.5 Å². The highest BCUT2D eigenvalue weighted by Crippen LogP contribution is 2.32. The predicted molar refractivity (Wildman–Crippen MR) is 68.1 cm³/mol. The summed E-state index contributed by atoms with van der Waals surface area (Å²) in [6.45, 7) is 6.45. The Morgan fingerprint density at radius 3 is 2.62 bits per heavy atom. The van der Waals surface area contributed by atoms with Crippen LogP contribution in [-0.4, -0.2) is 18.0 Å². The van der Waals surface area contributed by atoms with E-state index < -0.39 is 6.09 Å². The molecule has 16 heavy (non-hydrogen) atoms. The second-order valence-corrected chi connectivity index (χ2v) is 6.26. The average Bonchev–Trinajstić information content (AvgIpc) is 2.15. The molecule has 0 atom stereocenters. The van der Waals surface area contributed by atoms with Gasteiger partial charge in [0.15, 0.2) is 0 Å². The maximum atomic E-state index is 11.0. The number of amides is 1. The van der Waals surface area contributed by atoms with Crippen LogP contribution >= 0.6 is 11.8 Å². The van der Waals surface area contributed by atoms with E-state index in [2.05, 4.69) is 30.8 Å². The highest BCUT2D eigenvalue weighted by molar-refractivity contribution is 8.00. The molecule has 1 amide bonds. The van der Waals surface area contributed by atoms with E-state index in [4.69, 9.17) is 0 Å². The van der Waals surface area contributed by atoms with Gasteiger partial charge in [0.2, 0.25) is 0 Å². The molecule has 1 aromatic rings. The molecule has 3 nitrogen and oxygen atoms in total. The van der Waals surface area contributed by atoms with Crippen molar-refractivity contribution in [3.05, 3.63) is 24.3 Å². The fourth-order valence-electron chi connectivity index (χ4n) is 1.16. The van der Waals surface area contributed by atoms with E-state index in [1.165, 1.54) is 7.11 Å². The van der Waals surface area contributed by atoms with Crippen molar-refractivity contribution in [3.8, 4) is 0 Å². The zero-order chi connectivity index (χ0) is 12.2. The molecule has 1 N–H and O–H groups in total. The highest BCUT2D eigenvalue weighted by atomic mass is 32.2. The summed E-state index contributed by atoms with van der Waals surface area (Å²) in [4.78, 5) is 12.2. The highest BCUT2D eigenvalue weighted by Gasteiger charge is 2.12. The van der Waals surface area contributed by atoms with E-state index in [1.807, 2.05) is 24.3 Å². The van der Waals surface area contributed by atoms with E-state index >= 15 is 0 Å². The summed E-state index contributed by atoms with van der Waals surface area (Å²) in [5.74, 6) is 0. The lowest BCUT2D eigenvalue weighted by Gasteiger charge is -2.17. The predicted octanol–water partition coefficient (Wildman–Crippen LogP) is 3.76. The van der Waals surface area contributed by atoms with Crippen LogP contribution in [0.25, 0.3) is 0 Å². The van der Waals surface area contributed by atoms with Crippen molar-refractivity contribution in [3.63, 3.8) is 0 Å². The van der Waals surface area contributed by atoms with E-state index in [0.29, 0.717) is 0 Å². The van der Waals surface area contributed by atoms with Gasteiger partial charge >= 0.3 is 6.09 Å². The third kappa shape index (κ3) is 4.57. The van der Waals surface area contributed by atoms with Gasteiger partial charge in [-0.15, -0.1) is 11.8 Å². The van der Waals surface area contributed by atoms with Crippen molar-refractivity contribution in [1.82, 2.24) is 0 Å². The molecule has 0 unspecified atom stereocenters. The molecule has 1 rings (SSSR count). The lowest BCUT2D eigenvalue weighted by atomic mass is 10.3. The molecule has 0 radical (unpaired) electrons. The lowest BCUT2D eigenvalue weighted by Crippen LogP contribution is -2.11. The van der Waals surface area contributed by atoms with Crippen LogP contribution < -0.4 is 5.32 Å². The van der Waals surface area contributed by atoms with Gasteiger partial charge in [-0.3, -0.25) is 5.32 Å². The largest absolute Gasteiger partial charge is 0.453 e. The number of rotatable bonds is 2. The summed E-state index contributed by atoms with van der Waals surface area (Å²) < 4.78 is 4.69. The molecule has 0 fully saturated rings. The second kappa shape index (κ2) is 5.25. The van der Waals surface area contributed by atoms with Gasteiger partial charge in [-0.25, -0.2) is 4.79 Å². The van der Waals surface area contributed by atoms with Crippen molar-refractivity contribution >= 4 is 23.5 Å². The summed E-state index contributed by atoms with van der Waals surface area (Å²) in [6.07, 6.45) is -0.446. The van der Waals surface area contributed by atoms with Crippen molar-refractivity contribution in [1.29, 1.82) is 0 Å². The maximum Gasteiger partial charge on any atom is 0.411 e. The molecule has 0 heterocycles. The number of nitrogens with one attached hydrogen (secondary N) is 1. The Morgan fingerprint density at radius 2 is 2.06 bits per heavy atom.